The monoisotopic (exact) mass is 319 g/mol. The second-order valence-corrected chi connectivity index (χ2v) is 7.46. The molecule has 2 rings (SSSR count). The van der Waals surface area contributed by atoms with Gasteiger partial charge in [-0.2, -0.15) is 4.31 Å². The summed E-state index contributed by atoms with van der Waals surface area (Å²) >= 11 is 0. The number of benzene rings is 1. The molecule has 1 heterocycles. The number of rotatable bonds is 3. The Bertz CT molecular complexity index is 633. The minimum atomic E-state index is -4.04. The molecule has 0 aliphatic carbocycles. The smallest absolute Gasteiger partial charge is 0.246 e. The highest BCUT2D eigenvalue weighted by molar-refractivity contribution is 7.89. The summed E-state index contributed by atoms with van der Waals surface area (Å²) in [5.74, 6) is -1.96. The fraction of sp³-hybridized carbons (Fsp3) is 0.571. The summed E-state index contributed by atoms with van der Waals surface area (Å²) in [6.07, 6.45) is 1.62. The average molecular weight is 319 g/mol. The van der Waals surface area contributed by atoms with Crippen LogP contribution in [0.1, 0.15) is 32.3 Å². The van der Waals surface area contributed by atoms with Gasteiger partial charge in [0.25, 0.3) is 0 Å². The maximum atomic E-state index is 14.2. The molecule has 118 valence electrons. The van der Waals surface area contributed by atoms with E-state index in [2.05, 4.69) is 0 Å². The molecule has 1 saturated heterocycles. The molecule has 0 bridgehead atoms. The lowest BCUT2D eigenvalue weighted by atomic mass is 9.97. The number of aliphatic hydroxyl groups excluding tert-OH is 1. The first-order valence-electron chi connectivity index (χ1n) is 6.88. The molecule has 0 spiro atoms. The van der Waals surface area contributed by atoms with Crippen molar-refractivity contribution < 1.29 is 22.3 Å². The molecule has 1 aromatic rings. The third-order valence-corrected chi connectivity index (χ3v) is 5.95. The van der Waals surface area contributed by atoms with E-state index in [9.17, 15) is 17.2 Å². The highest BCUT2D eigenvalue weighted by Gasteiger charge is 2.35. The molecular weight excluding hydrogens is 300 g/mol. The summed E-state index contributed by atoms with van der Waals surface area (Å²) in [6, 6.07) is 1.57. The van der Waals surface area contributed by atoms with Crippen LogP contribution >= 0.6 is 0 Å². The molecule has 21 heavy (non-hydrogen) atoms. The molecule has 0 amide bonds. The first-order valence-corrected chi connectivity index (χ1v) is 8.32. The molecule has 0 aromatic heterocycles. The van der Waals surface area contributed by atoms with Crippen LogP contribution in [0.15, 0.2) is 17.0 Å². The molecule has 1 fully saturated rings. The Morgan fingerprint density at radius 2 is 1.95 bits per heavy atom. The van der Waals surface area contributed by atoms with E-state index in [4.69, 9.17) is 5.11 Å². The Morgan fingerprint density at radius 3 is 2.57 bits per heavy atom. The van der Waals surface area contributed by atoms with Gasteiger partial charge in [-0.25, -0.2) is 17.2 Å². The van der Waals surface area contributed by atoms with Crippen LogP contribution in [0.5, 0.6) is 0 Å². The van der Waals surface area contributed by atoms with Crippen molar-refractivity contribution in [2.75, 3.05) is 6.54 Å². The first-order chi connectivity index (χ1) is 9.78. The number of halogens is 2. The van der Waals surface area contributed by atoms with Crippen molar-refractivity contribution in [3.05, 3.63) is 29.3 Å². The fourth-order valence-electron chi connectivity index (χ4n) is 2.63. The van der Waals surface area contributed by atoms with Crippen molar-refractivity contribution in [1.82, 2.24) is 4.31 Å². The van der Waals surface area contributed by atoms with Gasteiger partial charge in [0.1, 0.15) is 10.7 Å². The Hall–Kier alpha value is -1.05. The zero-order chi connectivity index (χ0) is 15.8. The lowest BCUT2D eigenvalue weighted by molar-refractivity contribution is 0.217. The average Bonchev–Trinajstić information content (AvgIpc) is 2.41. The molecule has 1 aliphatic rings. The predicted octanol–water partition coefficient (Wildman–Crippen LogP) is 2.27. The number of piperidine rings is 1. The highest BCUT2D eigenvalue weighted by atomic mass is 32.2. The van der Waals surface area contributed by atoms with E-state index in [0.717, 1.165) is 18.6 Å². The Balaban J connectivity index is 2.49. The van der Waals surface area contributed by atoms with E-state index in [1.54, 1.807) is 6.92 Å². The van der Waals surface area contributed by atoms with Gasteiger partial charge < -0.3 is 5.11 Å². The van der Waals surface area contributed by atoms with Crippen molar-refractivity contribution in [1.29, 1.82) is 0 Å². The lowest BCUT2D eigenvalue weighted by Crippen LogP contribution is -2.45. The van der Waals surface area contributed by atoms with E-state index >= 15 is 0 Å². The van der Waals surface area contributed by atoms with Crippen LogP contribution in [0, 0.1) is 17.6 Å². The molecule has 1 N–H and O–H groups in total. The van der Waals surface area contributed by atoms with E-state index in [1.807, 2.05) is 6.92 Å². The van der Waals surface area contributed by atoms with E-state index < -0.39 is 38.7 Å². The fourth-order valence-corrected chi connectivity index (χ4v) is 4.50. The maximum Gasteiger partial charge on any atom is 0.246 e. The molecule has 1 aromatic carbocycles. The van der Waals surface area contributed by atoms with Crippen LogP contribution in [-0.2, 0) is 16.6 Å². The first kappa shape index (κ1) is 16.3. The van der Waals surface area contributed by atoms with Gasteiger partial charge in [0.2, 0.25) is 10.0 Å². The molecule has 0 saturated carbocycles. The third kappa shape index (κ3) is 2.95. The van der Waals surface area contributed by atoms with Gasteiger partial charge in [0.15, 0.2) is 5.82 Å². The molecule has 1 aliphatic heterocycles. The molecular formula is C14H19F2NO3S. The Kier molecular flexibility index (Phi) is 4.65. The van der Waals surface area contributed by atoms with Crippen LogP contribution in [0.3, 0.4) is 0 Å². The second kappa shape index (κ2) is 5.98. The SMILES string of the molecule is CC1CCC(C)N(S(=O)(=O)c2ccc(F)c(CO)c2F)C1. The highest BCUT2D eigenvalue weighted by Crippen LogP contribution is 2.30. The largest absolute Gasteiger partial charge is 0.391 e. The zero-order valence-electron chi connectivity index (χ0n) is 12.0. The zero-order valence-corrected chi connectivity index (χ0v) is 12.8. The summed E-state index contributed by atoms with van der Waals surface area (Å²) in [6.45, 7) is 3.15. The predicted molar refractivity (Wildman–Crippen MR) is 74.0 cm³/mol. The van der Waals surface area contributed by atoms with Gasteiger partial charge in [0.05, 0.1) is 12.2 Å². The third-order valence-electron chi connectivity index (χ3n) is 3.96. The minimum Gasteiger partial charge on any atom is -0.391 e. The van der Waals surface area contributed by atoms with Crippen molar-refractivity contribution in [2.45, 2.75) is 44.2 Å². The van der Waals surface area contributed by atoms with Gasteiger partial charge in [-0.3, -0.25) is 0 Å². The van der Waals surface area contributed by atoms with Gasteiger partial charge in [0, 0.05) is 12.6 Å². The topological polar surface area (TPSA) is 57.6 Å². The molecule has 2 unspecified atom stereocenters. The van der Waals surface area contributed by atoms with Crippen molar-refractivity contribution in [3.8, 4) is 0 Å². The number of hydrogen-bond donors (Lipinski definition) is 1. The molecule has 7 heteroatoms. The Labute approximate surface area is 123 Å². The van der Waals surface area contributed by atoms with Gasteiger partial charge in [-0.15, -0.1) is 0 Å². The summed E-state index contributed by atoms with van der Waals surface area (Å²) in [5.41, 5.74) is -0.617. The molecule has 0 radical (unpaired) electrons. The minimum absolute atomic E-state index is 0.191. The quantitative estimate of drug-likeness (QED) is 0.930. The summed E-state index contributed by atoms with van der Waals surface area (Å²) in [5, 5.41) is 9.01. The molecule has 2 atom stereocenters. The van der Waals surface area contributed by atoms with Crippen LogP contribution in [0.4, 0.5) is 8.78 Å². The second-order valence-electron chi connectivity index (χ2n) is 5.60. The van der Waals surface area contributed by atoms with E-state index in [1.165, 1.54) is 4.31 Å². The van der Waals surface area contributed by atoms with Gasteiger partial charge >= 0.3 is 0 Å². The van der Waals surface area contributed by atoms with Crippen LogP contribution in [0.2, 0.25) is 0 Å². The normalized spacial score (nSPS) is 24.2. The standard InChI is InChI=1S/C14H19F2NO3S/c1-9-3-4-10(2)17(7-9)21(19,20)13-6-5-12(15)11(8-18)14(13)16/h5-6,9-10,18H,3-4,7-8H2,1-2H3. The molecule has 4 nitrogen and oxygen atoms in total. The van der Waals surface area contributed by atoms with E-state index in [-0.39, 0.29) is 12.0 Å². The lowest BCUT2D eigenvalue weighted by Gasteiger charge is -2.35. The summed E-state index contributed by atoms with van der Waals surface area (Å²) in [4.78, 5) is -0.575. The maximum absolute atomic E-state index is 14.2. The number of hydrogen-bond acceptors (Lipinski definition) is 3. The number of sulfonamides is 1. The van der Waals surface area contributed by atoms with Gasteiger partial charge in [-0.05, 0) is 37.8 Å². The van der Waals surface area contributed by atoms with Crippen LogP contribution < -0.4 is 0 Å². The van der Waals surface area contributed by atoms with Crippen molar-refractivity contribution in [3.63, 3.8) is 0 Å². The summed E-state index contributed by atoms with van der Waals surface area (Å²) < 4.78 is 54.1. The number of aliphatic hydroxyl groups is 1. The van der Waals surface area contributed by atoms with Gasteiger partial charge in [-0.1, -0.05) is 6.92 Å². The summed E-state index contributed by atoms with van der Waals surface area (Å²) in [7, 11) is -4.04. The van der Waals surface area contributed by atoms with Crippen molar-refractivity contribution in [2.24, 2.45) is 5.92 Å². The van der Waals surface area contributed by atoms with E-state index in [0.29, 0.717) is 13.0 Å². The number of nitrogens with zero attached hydrogens (tertiary/aromatic N) is 1. The Morgan fingerprint density at radius 1 is 1.29 bits per heavy atom. The van der Waals surface area contributed by atoms with Crippen LogP contribution in [0.25, 0.3) is 0 Å². The van der Waals surface area contributed by atoms with Crippen LogP contribution in [-0.4, -0.2) is 30.4 Å². The van der Waals surface area contributed by atoms with Crippen molar-refractivity contribution >= 4 is 10.0 Å².